The molecule has 1 unspecified atom stereocenters. The maximum atomic E-state index is 13.9. The van der Waals surface area contributed by atoms with Gasteiger partial charge in [0.05, 0.1) is 0 Å². The van der Waals surface area contributed by atoms with Gasteiger partial charge in [0.15, 0.2) is 0 Å². The second-order valence-corrected chi connectivity index (χ2v) is 4.94. The highest BCUT2D eigenvalue weighted by Crippen LogP contribution is 2.41. The van der Waals surface area contributed by atoms with Crippen LogP contribution in [0.2, 0.25) is 0 Å². The first-order chi connectivity index (χ1) is 8.85. The van der Waals surface area contributed by atoms with E-state index >= 15 is 0 Å². The lowest BCUT2D eigenvalue weighted by molar-refractivity contribution is -0.126. The smallest absolute Gasteiger partial charge is 0.404 e. The van der Waals surface area contributed by atoms with Gasteiger partial charge in [0.2, 0.25) is 6.17 Å². The molecule has 0 spiro atoms. The van der Waals surface area contributed by atoms with Gasteiger partial charge in [-0.3, -0.25) is 14.6 Å². The van der Waals surface area contributed by atoms with Crippen molar-refractivity contribution in [1.82, 2.24) is 5.32 Å². The van der Waals surface area contributed by atoms with Gasteiger partial charge in [-0.25, -0.2) is 8.96 Å². The van der Waals surface area contributed by atoms with Gasteiger partial charge in [0.25, 0.3) is 5.91 Å². The molecule has 106 valence electrons. The second kappa shape index (κ2) is 6.65. The second-order valence-electron chi connectivity index (χ2n) is 3.77. The summed E-state index contributed by atoms with van der Waals surface area (Å²) in [6, 6.07) is 5.29. The molecule has 1 amide bonds. The average Bonchev–Trinajstić information content (AvgIpc) is 2.34. The van der Waals surface area contributed by atoms with Crippen LogP contribution < -0.4 is 9.84 Å². The first-order valence-corrected chi connectivity index (χ1v) is 7.14. The lowest BCUT2D eigenvalue weighted by atomic mass is 10.1. The molecule has 3 N–H and O–H groups in total. The van der Waals surface area contributed by atoms with Crippen LogP contribution >= 0.6 is 7.82 Å². The highest BCUT2D eigenvalue weighted by Gasteiger charge is 2.26. The summed E-state index contributed by atoms with van der Waals surface area (Å²) in [6.07, 6.45) is -1.40. The van der Waals surface area contributed by atoms with Gasteiger partial charge in [-0.15, -0.1) is 0 Å². The van der Waals surface area contributed by atoms with Crippen molar-refractivity contribution in [2.24, 2.45) is 0 Å². The molecule has 19 heavy (non-hydrogen) atoms. The minimum Gasteiger partial charge on any atom is -0.404 e. The van der Waals surface area contributed by atoms with Gasteiger partial charge in [-0.1, -0.05) is 25.1 Å². The molecule has 1 atom stereocenters. The molecular formula is C11H15FNO5P. The quantitative estimate of drug-likeness (QED) is 0.693. The molecule has 0 bridgehead atoms. The molecule has 1 aromatic carbocycles. The van der Waals surface area contributed by atoms with E-state index in [9.17, 15) is 13.8 Å². The van der Waals surface area contributed by atoms with Crippen LogP contribution in [0.3, 0.4) is 0 Å². The molecule has 0 aliphatic carbocycles. The van der Waals surface area contributed by atoms with Gasteiger partial charge >= 0.3 is 7.82 Å². The molecule has 8 heteroatoms. The van der Waals surface area contributed by atoms with Crippen molar-refractivity contribution in [2.75, 3.05) is 6.54 Å². The van der Waals surface area contributed by atoms with Gasteiger partial charge in [0, 0.05) is 12.1 Å². The lowest BCUT2D eigenvalue weighted by Gasteiger charge is -2.14. The predicted molar refractivity (Wildman–Crippen MR) is 66.3 cm³/mol. The lowest BCUT2D eigenvalue weighted by Crippen LogP contribution is -2.28. The van der Waals surface area contributed by atoms with Crippen molar-refractivity contribution in [2.45, 2.75) is 19.5 Å². The number of carbonyl (C=O) groups excluding carboxylic acids is 1. The van der Waals surface area contributed by atoms with Crippen molar-refractivity contribution in [3.05, 3.63) is 29.8 Å². The Morgan fingerprint density at radius 2 is 2.11 bits per heavy atom. The first kappa shape index (κ1) is 15.6. The van der Waals surface area contributed by atoms with Crippen molar-refractivity contribution in [3.8, 4) is 5.75 Å². The molecule has 1 rings (SSSR count). The Morgan fingerprint density at radius 1 is 1.47 bits per heavy atom. The SMILES string of the molecule is CCCNC(=O)C(F)c1ccccc1OP(=O)(O)O. The highest BCUT2D eigenvalue weighted by molar-refractivity contribution is 7.46. The van der Waals surface area contributed by atoms with E-state index in [0.717, 1.165) is 0 Å². The van der Waals surface area contributed by atoms with Crippen molar-refractivity contribution in [3.63, 3.8) is 0 Å². The number of benzene rings is 1. The summed E-state index contributed by atoms with van der Waals surface area (Å²) in [7, 11) is -4.80. The zero-order valence-corrected chi connectivity index (χ0v) is 11.1. The van der Waals surface area contributed by atoms with Gasteiger partial charge < -0.3 is 9.84 Å². The van der Waals surface area contributed by atoms with Crippen LogP contribution in [-0.2, 0) is 9.36 Å². The molecule has 0 saturated heterocycles. The van der Waals surface area contributed by atoms with E-state index in [1.54, 1.807) is 0 Å². The van der Waals surface area contributed by atoms with Gasteiger partial charge in [-0.2, -0.15) is 0 Å². The largest absolute Gasteiger partial charge is 0.524 e. The van der Waals surface area contributed by atoms with E-state index in [1.807, 2.05) is 6.92 Å². The molecule has 0 aliphatic rings. The minimum absolute atomic E-state index is 0.223. The Hall–Kier alpha value is -1.43. The average molecular weight is 291 g/mol. The van der Waals surface area contributed by atoms with Crippen LogP contribution in [0.5, 0.6) is 5.75 Å². The Labute approximate surface area is 109 Å². The van der Waals surface area contributed by atoms with Crippen molar-refractivity contribution in [1.29, 1.82) is 0 Å². The Bertz CT molecular complexity index is 490. The number of nitrogens with one attached hydrogen (secondary N) is 1. The molecule has 0 heterocycles. The fourth-order valence-electron chi connectivity index (χ4n) is 1.38. The fraction of sp³-hybridized carbons (Fsp3) is 0.364. The molecule has 0 aromatic heterocycles. The van der Waals surface area contributed by atoms with Crippen LogP contribution in [0.25, 0.3) is 0 Å². The van der Waals surface area contributed by atoms with E-state index in [-0.39, 0.29) is 11.3 Å². The normalized spacial score (nSPS) is 12.8. The number of amides is 1. The van der Waals surface area contributed by atoms with Gasteiger partial charge in [0.1, 0.15) is 5.75 Å². The molecule has 0 fully saturated rings. The zero-order valence-electron chi connectivity index (χ0n) is 10.2. The van der Waals surface area contributed by atoms with E-state index < -0.39 is 19.9 Å². The van der Waals surface area contributed by atoms with Crippen LogP contribution in [0.4, 0.5) is 4.39 Å². The summed E-state index contributed by atoms with van der Waals surface area (Å²) in [5.41, 5.74) is -0.223. The highest BCUT2D eigenvalue weighted by atomic mass is 31.2. The summed E-state index contributed by atoms with van der Waals surface area (Å²) in [5, 5.41) is 2.36. The fourth-order valence-corrected chi connectivity index (χ4v) is 1.80. The van der Waals surface area contributed by atoms with Crippen molar-refractivity contribution >= 4 is 13.7 Å². The van der Waals surface area contributed by atoms with Gasteiger partial charge in [-0.05, 0) is 12.5 Å². The minimum atomic E-state index is -4.80. The molecule has 0 radical (unpaired) electrons. The Balaban J connectivity index is 2.93. The zero-order chi connectivity index (χ0) is 14.5. The third-order valence-corrected chi connectivity index (χ3v) is 2.62. The number of para-hydroxylation sites is 1. The van der Waals surface area contributed by atoms with E-state index in [1.165, 1.54) is 24.3 Å². The van der Waals surface area contributed by atoms with E-state index in [0.29, 0.717) is 13.0 Å². The third kappa shape index (κ3) is 4.98. The third-order valence-electron chi connectivity index (χ3n) is 2.19. The maximum absolute atomic E-state index is 13.9. The van der Waals surface area contributed by atoms with E-state index in [4.69, 9.17) is 9.79 Å². The monoisotopic (exact) mass is 291 g/mol. The number of halogens is 1. The number of rotatable bonds is 6. The van der Waals surface area contributed by atoms with E-state index in [2.05, 4.69) is 9.84 Å². The van der Waals surface area contributed by atoms with Crippen LogP contribution in [0, 0.1) is 0 Å². The van der Waals surface area contributed by atoms with Crippen LogP contribution in [0.15, 0.2) is 24.3 Å². The number of carbonyl (C=O) groups is 1. The Morgan fingerprint density at radius 3 is 2.68 bits per heavy atom. The Kier molecular flexibility index (Phi) is 5.47. The standard InChI is InChI=1S/C11H15FNO5P/c1-2-7-13-11(14)10(12)8-5-3-4-6-9(8)18-19(15,16)17/h3-6,10H,2,7H2,1H3,(H,13,14)(H2,15,16,17). The predicted octanol–water partition coefficient (Wildman–Crippen LogP) is 1.69. The number of hydrogen-bond donors (Lipinski definition) is 3. The maximum Gasteiger partial charge on any atom is 0.524 e. The molecular weight excluding hydrogens is 276 g/mol. The number of phosphoric acid groups is 1. The number of phosphoric ester groups is 1. The number of hydrogen-bond acceptors (Lipinski definition) is 3. The first-order valence-electron chi connectivity index (χ1n) is 5.61. The van der Waals surface area contributed by atoms with Crippen LogP contribution in [0.1, 0.15) is 25.1 Å². The summed E-state index contributed by atoms with van der Waals surface area (Å²) >= 11 is 0. The number of alkyl halides is 1. The topological polar surface area (TPSA) is 95.9 Å². The molecule has 0 aliphatic heterocycles. The molecule has 0 saturated carbocycles. The summed E-state index contributed by atoms with van der Waals surface area (Å²) in [5.74, 6) is -1.22. The summed E-state index contributed by atoms with van der Waals surface area (Å²) in [4.78, 5) is 28.9. The summed E-state index contributed by atoms with van der Waals surface area (Å²) < 4.78 is 29.1. The van der Waals surface area contributed by atoms with Crippen LogP contribution in [-0.4, -0.2) is 22.2 Å². The molecule has 1 aromatic rings. The summed E-state index contributed by atoms with van der Waals surface area (Å²) in [6.45, 7) is 2.14. The van der Waals surface area contributed by atoms with Crippen molar-refractivity contribution < 1.29 is 28.1 Å². The molecule has 6 nitrogen and oxygen atoms in total.